The van der Waals surface area contributed by atoms with E-state index < -0.39 is 5.97 Å². The molecule has 3 nitrogen and oxygen atoms in total. The van der Waals surface area contributed by atoms with Crippen LogP contribution < -0.4 is 4.74 Å². The molecule has 3 aromatic carbocycles. The molecule has 21 heavy (non-hydrogen) atoms. The Hall–Kier alpha value is -2.81. The van der Waals surface area contributed by atoms with Crippen molar-refractivity contribution in [1.82, 2.24) is 0 Å². The summed E-state index contributed by atoms with van der Waals surface area (Å²) in [7, 11) is 0. The summed E-state index contributed by atoms with van der Waals surface area (Å²) in [5, 5.41) is 11.0. The molecule has 3 aromatic rings. The van der Waals surface area contributed by atoms with Gasteiger partial charge in [0, 0.05) is 0 Å². The number of carboxylic acids is 1. The molecule has 3 heteroatoms. The van der Waals surface area contributed by atoms with Gasteiger partial charge in [-0.2, -0.15) is 0 Å². The van der Waals surface area contributed by atoms with Crippen LogP contribution >= 0.6 is 0 Å². The summed E-state index contributed by atoms with van der Waals surface area (Å²) in [6, 6.07) is 21.9. The largest absolute Gasteiger partial charge is 0.482 e. The van der Waals surface area contributed by atoms with Gasteiger partial charge in [0.15, 0.2) is 6.61 Å². The van der Waals surface area contributed by atoms with E-state index in [0.29, 0.717) is 5.75 Å². The normalized spacial score (nSPS) is 10.5. The number of benzene rings is 3. The molecule has 0 saturated carbocycles. The van der Waals surface area contributed by atoms with Crippen LogP contribution in [0.2, 0.25) is 0 Å². The van der Waals surface area contributed by atoms with Gasteiger partial charge in [-0.3, -0.25) is 0 Å². The third-order valence-electron chi connectivity index (χ3n) is 3.32. The van der Waals surface area contributed by atoms with Crippen LogP contribution in [0, 0.1) is 0 Å². The first kappa shape index (κ1) is 13.2. The number of fused-ring (bicyclic) bond motifs is 1. The van der Waals surface area contributed by atoms with Crippen molar-refractivity contribution in [2.24, 2.45) is 0 Å². The van der Waals surface area contributed by atoms with E-state index in [-0.39, 0.29) is 6.61 Å². The molecule has 0 atom stereocenters. The summed E-state index contributed by atoms with van der Waals surface area (Å²) in [5.74, 6) is -0.422. The van der Waals surface area contributed by atoms with E-state index in [2.05, 4.69) is 24.3 Å². The SMILES string of the molecule is O=C(O)COc1ccc(-c2cccc3ccccc23)cc1. The maximum atomic E-state index is 10.5. The Kier molecular flexibility index (Phi) is 3.56. The third-order valence-corrected chi connectivity index (χ3v) is 3.32. The maximum absolute atomic E-state index is 10.5. The van der Waals surface area contributed by atoms with E-state index >= 15 is 0 Å². The lowest BCUT2D eigenvalue weighted by Gasteiger charge is -2.08. The van der Waals surface area contributed by atoms with Crippen LogP contribution in [-0.4, -0.2) is 17.7 Å². The summed E-state index contributed by atoms with van der Waals surface area (Å²) >= 11 is 0. The lowest BCUT2D eigenvalue weighted by atomic mass is 9.98. The molecule has 0 aliphatic rings. The molecule has 0 spiro atoms. The Bertz CT molecular complexity index is 771. The van der Waals surface area contributed by atoms with Gasteiger partial charge in [0.25, 0.3) is 0 Å². The Morgan fingerprint density at radius 3 is 2.38 bits per heavy atom. The highest BCUT2D eigenvalue weighted by Gasteiger charge is 2.04. The van der Waals surface area contributed by atoms with E-state index in [1.165, 1.54) is 10.8 Å². The lowest BCUT2D eigenvalue weighted by molar-refractivity contribution is -0.139. The number of hydrogen-bond acceptors (Lipinski definition) is 2. The van der Waals surface area contributed by atoms with E-state index in [1.807, 2.05) is 30.3 Å². The zero-order valence-electron chi connectivity index (χ0n) is 11.3. The van der Waals surface area contributed by atoms with Crippen LogP contribution in [0.15, 0.2) is 66.7 Å². The first-order valence-electron chi connectivity index (χ1n) is 6.67. The van der Waals surface area contributed by atoms with E-state index in [0.717, 1.165) is 11.1 Å². The Balaban J connectivity index is 1.94. The highest BCUT2D eigenvalue weighted by molar-refractivity contribution is 5.96. The highest BCUT2D eigenvalue weighted by Crippen LogP contribution is 2.29. The summed E-state index contributed by atoms with van der Waals surface area (Å²) in [6.07, 6.45) is 0. The number of rotatable bonds is 4. The molecule has 0 saturated heterocycles. The maximum Gasteiger partial charge on any atom is 0.341 e. The standard InChI is InChI=1S/C18H14O3/c19-18(20)12-21-15-10-8-14(9-11-15)17-7-3-5-13-4-1-2-6-16(13)17/h1-11H,12H2,(H,19,20). The van der Waals surface area contributed by atoms with Crippen molar-refractivity contribution in [1.29, 1.82) is 0 Å². The van der Waals surface area contributed by atoms with Gasteiger partial charge in [-0.1, -0.05) is 54.6 Å². The Morgan fingerprint density at radius 1 is 0.905 bits per heavy atom. The predicted molar refractivity (Wildman–Crippen MR) is 82.5 cm³/mol. The fourth-order valence-electron chi connectivity index (χ4n) is 2.35. The third kappa shape index (κ3) is 2.87. The Labute approximate surface area is 122 Å². The van der Waals surface area contributed by atoms with Crippen LogP contribution in [0.1, 0.15) is 0 Å². The van der Waals surface area contributed by atoms with Crippen molar-refractivity contribution < 1.29 is 14.6 Å². The average Bonchev–Trinajstić information content (AvgIpc) is 2.53. The quantitative estimate of drug-likeness (QED) is 0.785. The molecule has 0 aliphatic carbocycles. The van der Waals surface area contributed by atoms with Crippen LogP contribution in [0.4, 0.5) is 0 Å². The molecule has 0 aliphatic heterocycles. The van der Waals surface area contributed by atoms with Crippen molar-refractivity contribution in [3.8, 4) is 16.9 Å². The van der Waals surface area contributed by atoms with Gasteiger partial charge >= 0.3 is 5.97 Å². The van der Waals surface area contributed by atoms with E-state index in [9.17, 15) is 4.79 Å². The van der Waals surface area contributed by atoms with E-state index in [1.54, 1.807) is 12.1 Å². The number of ether oxygens (including phenoxy) is 1. The number of carboxylic acid groups (broad SMARTS) is 1. The monoisotopic (exact) mass is 278 g/mol. The van der Waals surface area contributed by atoms with E-state index in [4.69, 9.17) is 9.84 Å². The lowest BCUT2D eigenvalue weighted by Crippen LogP contribution is -2.09. The minimum absolute atomic E-state index is 0.326. The number of aliphatic carboxylic acids is 1. The van der Waals surface area contributed by atoms with Crippen molar-refractivity contribution in [2.45, 2.75) is 0 Å². The molecular formula is C18H14O3. The molecule has 0 aromatic heterocycles. The number of hydrogen-bond donors (Lipinski definition) is 1. The van der Waals surface area contributed by atoms with Gasteiger partial charge in [-0.05, 0) is 34.0 Å². The van der Waals surface area contributed by atoms with Crippen LogP contribution in [0.3, 0.4) is 0 Å². The van der Waals surface area contributed by atoms with Crippen molar-refractivity contribution in [3.63, 3.8) is 0 Å². The molecule has 0 radical (unpaired) electrons. The van der Waals surface area contributed by atoms with Crippen molar-refractivity contribution >= 4 is 16.7 Å². The first-order chi connectivity index (χ1) is 10.2. The molecule has 0 unspecified atom stereocenters. The summed E-state index contributed by atoms with van der Waals surface area (Å²) in [5.41, 5.74) is 2.23. The zero-order chi connectivity index (χ0) is 14.7. The van der Waals surface area contributed by atoms with Crippen molar-refractivity contribution in [2.75, 3.05) is 6.61 Å². The molecule has 104 valence electrons. The molecule has 0 fully saturated rings. The zero-order valence-corrected chi connectivity index (χ0v) is 11.3. The minimum Gasteiger partial charge on any atom is -0.482 e. The number of carbonyl (C=O) groups is 1. The van der Waals surface area contributed by atoms with Crippen molar-refractivity contribution in [3.05, 3.63) is 66.7 Å². The summed E-state index contributed by atoms with van der Waals surface area (Å²) < 4.78 is 5.15. The molecule has 0 bridgehead atoms. The predicted octanol–water partition coefficient (Wildman–Crippen LogP) is 3.97. The van der Waals surface area contributed by atoms with Crippen LogP contribution in [-0.2, 0) is 4.79 Å². The second kappa shape index (κ2) is 5.67. The first-order valence-corrected chi connectivity index (χ1v) is 6.67. The average molecular weight is 278 g/mol. The summed E-state index contributed by atoms with van der Waals surface area (Å²) in [4.78, 5) is 10.5. The molecule has 0 heterocycles. The van der Waals surface area contributed by atoms with Crippen LogP contribution in [0.5, 0.6) is 5.75 Å². The van der Waals surface area contributed by atoms with Gasteiger partial charge in [0.1, 0.15) is 5.75 Å². The van der Waals surface area contributed by atoms with Gasteiger partial charge in [-0.25, -0.2) is 4.79 Å². The smallest absolute Gasteiger partial charge is 0.341 e. The molecule has 1 N–H and O–H groups in total. The topological polar surface area (TPSA) is 46.5 Å². The minimum atomic E-state index is -0.979. The summed E-state index contributed by atoms with van der Waals surface area (Å²) in [6.45, 7) is -0.326. The van der Waals surface area contributed by atoms with Gasteiger partial charge in [0.2, 0.25) is 0 Å². The van der Waals surface area contributed by atoms with Gasteiger partial charge in [0.05, 0.1) is 0 Å². The van der Waals surface area contributed by atoms with Gasteiger partial charge < -0.3 is 9.84 Å². The van der Waals surface area contributed by atoms with Crippen LogP contribution in [0.25, 0.3) is 21.9 Å². The second-order valence-corrected chi connectivity index (χ2v) is 4.73. The molecular weight excluding hydrogens is 264 g/mol. The second-order valence-electron chi connectivity index (χ2n) is 4.73. The fraction of sp³-hybridized carbons (Fsp3) is 0.0556. The Morgan fingerprint density at radius 2 is 1.62 bits per heavy atom. The fourth-order valence-corrected chi connectivity index (χ4v) is 2.35. The van der Waals surface area contributed by atoms with Gasteiger partial charge in [-0.15, -0.1) is 0 Å². The molecule has 3 rings (SSSR count). The molecule has 0 amide bonds. The highest BCUT2D eigenvalue weighted by atomic mass is 16.5.